The summed E-state index contributed by atoms with van der Waals surface area (Å²) in [6, 6.07) is 1.59. The Hall–Kier alpha value is -2.02. The maximum absolute atomic E-state index is 12.0. The molecule has 7 heteroatoms. The Morgan fingerprint density at radius 2 is 2.47 bits per heavy atom. The minimum absolute atomic E-state index is 0.0327. The van der Waals surface area contributed by atoms with Crippen LogP contribution in [-0.2, 0) is 4.74 Å². The fourth-order valence-corrected chi connectivity index (χ4v) is 1.65. The number of ether oxygens (including phenoxy) is 1. The third-order valence-electron chi connectivity index (χ3n) is 2.57. The molecule has 1 fully saturated rings. The van der Waals surface area contributed by atoms with Crippen LogP contribution in [0.1, 0.15) is 10.4 Å². The first-order valence-corrected chi connectivity index (χ1v) is 5.13. The van der Waals surface area contributed by atoms with Gasteiger partial charge in [0.2, 0.25) is 0 Å². The van der Waals surface area contributed by atoms with Crippen LogP contribution >= 0.6 is 0 Å². The predicted octanol–water partition coefficient (Wildman–Crippen LogP) is -0.133. The average Bonchev–Trinajstić information content (AvgIpc) is 2.91. The normalized spacial score (nSPS) is 21.5. The second-order valence-electron chi connectivity index (χ2n) is 3.65. The molecule has 92 valence electrons. The molecule has 17 heavy (non-hydrogen) atoms. The number of amides is 1. The molecule has 0 radical (unpaired) electrons. The van der Waals surface area contributed by atoms with E-state index in [0.29, 0.717) is 18.7 Å². The van der Waals surface area contributed by atoms with E-state index in [1.165, 1.54) is 12.5 Å². The topological polar surface area (TPSA) is 101 Å². The highest BCUT2D eigenvalue weighted by Gasteiger charge is 2.27. The Bertz CT molecular complexity index is 415. The van der Waals surface area contributed by atoms with Crippen molar-refractivity contribution in [3.05, 3.63) is 24.2 Å². The van der Waals surface area contributed by atoms with Crippen LogP contribution in [0, 0.1) is 0 Å². The molecule has 0 aromatic carbocycles. The molecule has 0 bridgehead atoms. The van der Waals surface area contributed by atoms with Gasteiger partial charge in [-0.25, -0.2) is 0 Å². The second-order valence-corrected chi connectivity index (χ2v) is 3.65. The van der Waals surface area contributed by atoms with Gasteiger partial charge in [-0.3, -0.25) is 4.79 Å². The largest absolute Gasteiger partial charge is 0.472 e. The van der Waals surface area contributed by atoms with Gasteiger partial charge in [0, 0.05) is 6.54 Å². The Kier molecular flexibility index (Phi) is 3.29. The van der Waals surface area contributed by atoms with Crippen molar-refractivity contribution < 1.29 is 19.2 Å². The zero-order valence-corrected chi connectivity index (χ0v) is 9.07. The summed E-state index contributed by atoms with van der Waals surface area (Å²) in [5.74, 6) is -0.188. The molecule has 7 nitrogen and oxygen atoms in total. The molecule has 1 atom stereocenters. The van der Waals surface area contributed by atoms with E-state index in [9.17, 15) is 4.79 Å². The zero-order valence-electron chi connectivity index (χ0n) is 9.07. The molecular formula is C10H13N3O4. The minimum Gasteiger partial charge on any atom is -0.472 e. The lowest BCUT2D eigenvalue weighted by atomic mass is 10.2. The van der Waals surface area contributed by atoms with Gasteiger partial charge < -0.3 is 25.0 Å². The maximum Gasteiger partial charge on any atom is 0.257 e. The number of amidine groups is 1. The lowest BCUT2D eigenvalue weighted by molar-refractivity contribution is 0.00672. The van der Waals surface area contributed by atoms with Gasteiger partial charge in [0.15, 0.2) is 5.84 Å². The SMILES string of the molecule is N/C(=N\O)C1CN(C(=O)c2ccoc2)CCO1. The van der Waals surface area contributed by atoms with Crippen LogP contribution in [0.2, 0.25) is 0 Å². The molecule has 1 unspecified atom stereocenters. The molecule has 3 N–H and O–H groups in total. The Morgan fingerprint density at radius 3 is 3.12 bits per heavy atom. The van der Waals surface area contributed by atoms with Crippen molar-refractivity contribution in [3.63, 3.8) is 0 Å². The molecule has 1 amide bonds. The van der Waals surface area contributed by atoms with E-state index in [1.54, 1.807) is 11.0 Å². The van der Waals surface area contributed by atoms with E-state index < -0.39 is 6.10 Å². The van der Waals surface area contributed by atoms with Gasteiger partial charge in [-0.05, 0) is 6.07 Å². The highest BCUT2D eigenvalue weighted by molar-refractivity contribution is 5.94. The highest BCUT2D eigenvalue weighted by Crippen LogP contribution is 2.11. The number of carbonyl (C=O) groups is 1. The van der Waals surface area contributed by atoms with Crippen LogP contribution in [0.4, 0.5) is 0 Å². The second kappa shape index (κ2) is 4.88. The number of hydrogen-bond donors (Lipinski definition) is 2. The van der Waals surface area contributed by atoms with Gasteiger partial charge in [0.05, 0.1) is 25.0 Å². The minimum atomic E-state index is -0.565. The van der Waals surface area contributed by atoms with Crippen LogP contribution in [0.15, 0.2) is 28.2 Å². The van der Waals surface area contributed by atoms with Crippen LogP contribution in [-0.4, -0.2) is 47.7 Å². The van der Waals surface area contributed by atoms with Crippen molar-refractivity contribution in [2.75, 3.05) is 19.7 Å². The number of oxime groups is 1. The summed E-state index contributed by atoms with van der Waals surface area (Å²) in [6.07, 6.45) is 2.26. The molecule has 2 rings (SSSR count). The van der Waals surface area contributed by atoms with E-state index in [0.717, 1.165) is 0 Å². The summed E-state index contributed by atoms with van der Waals surface area (Å²) in [4.78, 5) is 13.6. The Balaban J connectivity index is 2.05. The fraction of sp³-hybridized carbons (Fsp3) is 0.400. The van der Waals surface area contributed by atoms with Crippen LogP contribution in [0.25, 0.3) is 0 Å². The summed E-state index contributed by atoms with van der Waals surface area (Å²) >= 11 is 0. The van der Waals surface area contributed by atoms with E-state index in [2.05, 4.69) is 5.16 Å². The summed E-state index contributed by atoms with van der Waals surface area (Å²) in [5.41, 5.74) is 5.92. The third-order valence-corrected chi connectivity index (χ3v) is 2.57. The number of carbonyl (C=O) groups excluding carboxylic acids is 1. The summed E-state index contributed by atoms with van der Waals surface area (Å²) in [5, 5.41) is 11.4. The van der Waals surface area contributed by atoms with Gasteiger partial charge in [0.25, 0.3) is 5.91 Å². The molecule has 0 saturated carbocycles. The van der Waals surface area contributed by atoms with Crippen LogP contribution in [0.3, 0.4) is 0 Å². The highest BCUT2D eigenvalue weighted by atomic mass is 16.5. The molecule has 1 saturated heterocycles. The van der Waals surface area contributed by atoms with Crippen molar-refractivity contribution in [2.24, 2.45) is 10.9 Å². The average molecular weight is 239 g/mol. The number of rotatable bonds is 2. The van der Waals surface area contributed by atoms with Crippen LogP contribution < -0.4 is 5.73 Å². The quantitative estimate of drug-likeness (QED) is 0.324. The zero-order chi connectivity index (χ0) is 12.3. The number of nitrogens with two attached hydrogens (primary N) is 1. The molecule has 0 aliphatic carbocycles. The maximum atomic E-state index is 12.0. The van der Waals surface area contributed by atoms with Crippen molar-refractivity contribution >= 4 is 11.7 Å². The molecular weight excluding hydrogens is 226 g/mol. The van der Waals surface area contributed by atoms with Crippen molar-refractivity contribution in [3.8, 4) is 0 Å². The van der Waals surface area contributed by atoms with E-state index in [4.69, 9.17) is 20.1 Å². The predicted molar refractivity (Wildman–Crippen MR) is 57.8 cm³/mol. The Morgan fingerprint density at radius 1 is 1.65 bits per heavy atom. The Labute approximate surface area is 97.4 Å². The number of hydrogen-bond acceptors (Lipinski definition) is 5. The van der Waals surface area contributed by atoms with Gasteiger partial charge in [-0.2, -0.15) is 0 Å². The summed E-state index contributed by atoms with van der Waals surface area (Å²) in [7, 11) is 0. The standard InChI is InChI=1S/C10H13N3O4/c11-9(12-15)8-5-13(2-4-17-8)10(14)7-1-3-16-6-7/h1,3,6,8,15H,2,4-5H2,(H2,11,12). The van der Waals surface area contributed by atoms with E-state index in [1.807, 2.05) is 0 Å². The number of nitrogens with zero attached hydrogens (tertiary/aromatic N) is 2. The molecule has 1 aromatic heterocycles. The van der Waals surface area contributed by atoms with Gasteiger partial charge >= 0.3 is 0 Å². The molecule has 1 aliphatic heterocycles. The van der Waals surface area contributed by atoms with Crippen molar-refractivity contribution in [1.29, 1.82) is 0 Å². The monoisotopic (exact) mass is 239 g/mol. The molecule has 0 spiro atoms. The molecule has 2 heterocycles. The fourth-order valence-electron chi connectivity index (χ4n) is 1.65. The van der Waals surface area contributed by atoms with Gasteiger partial charge in [-0.15, -0.1) is 0 Å². The van der Waals surface area contributed by atoms with Gasteiger partial charge in [0.1, 0.15) is 12.4 Å². The van der Waals surface area contributed by atoms with E-state index in [-0.39, 0.29) is 18.3 Å². The van der Waals surface area contributed by atoms with E-state index >= 15 is 0 Å². The molecule has 1 aromatic rings. The lowest BCUT2D eigenvalue weighted by Gasteiger charge is -2.31. The van der Waals surface area contributed by atoms with Gasteiger partial charge in [-0.1, -0.05) is 5.16 Å². The third kappa shape index (κ3) is 2.39. The number of morpholine rings is 1. The smallest absolute Gasteiger partial charge is 0.257 e. The number of furan rings is 1. The van der Waals surface area contributed by atoms with Crippen LogP contribution in [0.5, 0.6) is 0 Å². The molecule has 1 aliphatic rings. The lowest BCUT2D eigenvalue weighted by Crippen LogP contribution is -2.50. The summed E-state index contributed by atoms with van der Waals surface area (Å²) < 4.78 is 10.2. The first-order valence-electron chi connectivity index (χ1n) is 5.13. The first-order chi connectivity index (χ1) is 8.22. The van der Waals surface area contributed by atoms with Crippen molar-refractivity contribution in [2.45, 2.75) is 6.10 Å². The summed E-state index contributed by atoms with van der Waals surface area (Å²) in [6.45, 7) is 1.09. The van der Waals surface area contributed by atoms with Crippen molar-refractivity contribution in [1.82, 2.24) is 4.90 Å². The first kappa shape index (κ1) is 11.5.